The van der Waals surface area contributed by atoms with Gasteiger partial charge in [0, 0.05) is 11.3 Å². The second kappa shape index (κ2) is 6.24. The van der Waals surface area contributed by atoms with Crippen molar-refractivity contribution in [3.05, 3.63) is 40.9 Å². The number of thioether (sulfide) groups is 1. The fourth-order valence-electron chi connectivity index (χ4n) is 2.77. The standard InChI is InChI=1S/C15H19N3S2/c1-10-17-18-15(19-10)20-14-9-12(7-8-13(14)16)11-5-3-2-4-6-11/h2-6,12-14H,7-9,16H2,1H3. The molecule has 3 unspecified atom stereocenters. The number of nitrogens with zero attached hydrogens (tertiary/aromatic N) is 2. The van der Waals surface area contributed by atoms with E-state index in [1.807, 2.05) is 18.7 Å². The summed E-state index contributed by atoms with van der Waals surface area (Å²) < 4.78 is 1.05. The van der Waals surface area contributed by atoms with Gasteiger partial charge in [-0.1, -0.05) is 53.4 Å². The number of aryl methyl sites for hydroxylation is 1. The van der Waals surface area contributed by atoms with Crippen molar-refractivity contribution in [2.45, 2.75) is 47.7 Å². The summed E-state index contributed by atoms with van der Waals surface area (Å²) in [6.07, 6.45) is 3.42. The molecular weight excluding hydrogens is 286 g/mol. The van der Waals surface area contributed by atoms with Gasteiger partial charge in [-0.15, -0.1) is 10.2 Å². The van der Waals surface area contributed by atoms with Gasteiger partial charge >= 0.3 is 0 Å². The number of aromatic nitrogens is 2. The minimum atomic E-state index is 0.268. The van der Waals surface area contributed by atoms with Gasteiger partial charge in [-0.2, -0.15) is 0 Å². The largest absolute Gasteiger partial charge is 0.327 e. The Morgan fingerprint density at radius 2 is 2.00 bits per heavy atom. The number of nitrogens with two attached hydrogens (primary N) is 1. The molecule has 3 rings (SSSR count). The van der Waals surface area contributed by atoms with Gasteiger partial charge in [0.05, 0.1) is 0 Å². The molecule has 1 aliphatic rings. The molecular formula is C15H19N3S2. The lowest BCUT2D eigenvalue weighted by atomic mass is 9.82. The molecule has 5 heteroatoms. The van der Waals surface area contributed by atoms with Gasteiger partial charge in [-0.25, -0.2) is 0 Å². The third-order valence-corrected chi connectivity index (χ3v) is 6.17. The molecule has 2 N–H and O–H groups in total. The lowest BCUT2D eigenvalue weighted by Gasteiger charge is -2.33. The van der Waals surface area contributed by atoms with E-state index in [9.17, 15) is 0 Å². The zero-order valence-electron chi connectivity index (χ0n) is 11.5. The highest BCUT2D eigenvalue weighted by molar-refractivity contribution is 8.01. The maximum absolute atomic E-state index is 6.31. The Balaban J connectivity index is 1.70. The molecule has 2 aromatic rings. The molecule has 0 saturated heterocycles. The smallest absolute Gasteiger partial charge is 0.174 e. The van der Waals surface area contributed by atoms with Gasteiger partial charge in [0.25, 0.3) is 0 Å². The van der Waals surface area contributed by atoms with E-state index in [2.05, 4.69) is 40.5 Å². The normalized spacial score (nSPS) is 26.6. The lowest BCUT2D eigenvalue weighted by Crippen LogP contribution is -2.37. The van der Waals surface area contributed by atoms with Crippen LogP contribution in [0.3, 0.4) is 0 Å². The highest BCUT2D eigenvalue weighted by Crippen LogP contribution is 2.40. The van der Waals surface area contributed by atoms with Crippen LogP contribution in [0.5, 0.6) is 0 Å². The number of hydrogen-bond acceptors (Lipinski definition) is 5. The first-order valence-electron chi connectivity index (χ1n) is 6.99. The van der Waals surface area contributed by atoms with Crippen LogP contribution in [-0.2, 0) is 0 Å². The van der Waals surface area contributed by atoms with Crippen molar-refractivity contribution < 1.29 is 0 Å². The molecule has 3 atom stereocenters. The van der Waals surface area contributed by atoms with Crippen molar-refractivity contribution in [2.75, 3.05) is 0 Å². The number of hydrogen-bond donors (Lipinski definition) is 1. The maximum atomic E-state index is 6.31. The summed E-state index contributed by atoms with van der Waals surface area (Å²) in [5, 5.41) is 9.78. The van der Waals surface area contributed by atoms with Crippen molar-refractivity contribution >= 4 is 23.1 Å². The fraction of sp³-hybridized carbons (Fsp3) is 0.467. The van der Waals surface area contributed by atoms with E-state index in [-0.39, 0.29) is 6.04 Å². The summed E-state index contributed by atoms with van der Waals surface area (Å²) in [7, 11) is 0. The topological polar surface area (TPSA) is 51.8 Å². The van der Waals surface area contributed by atoms with Crippen molar-refractivity contribution in [3.8, 4) is 0 Å². The number of benzene rings is 1. The van der Waals surface area contributed by atoms with E-state index >= 15 is 0 Å². The van der Waals surface area contributed by atoms with Crippen LogP contribution in [0.2, 0.25) is 0 Å². The van der Waals surface area contributed by atoms with E-state index in [1.54, 1.807) is 11.3 Å². The van der Waals surface area contributed by atoms with Crippen molar-refractivity contribution in [1.29, 1.82) is 0 Å². The molecule has 106 valence electrons. The SMILES string of the molecule is Cc1nnc(SC2CC(c3ccccc3)CCC2N)s1. The molecule has 3 nitrogen and oxygen atoms in total. The van der Waals surface area contributed by atoms with Crippen LogP contribution in [0.15, 0.2) is 34.7 Å². The van der Waals surface area contributed by atoms with Crippen molar-refractivity contribution in [1.82, 2.24) is 10.2 Å². The van der Waals surface area contributed by atoms with Gasteiger partial charge < -0.3 is 5.73 Å². The highest BCUT2D eigenvalue weighted by atomic mass is 32.2. The summed E-state index contributed by atoms with van der Waals surface area (Å²) in [6, 6.07) is 11.1. The third-order valence-electron chi connectivity index (χ3n) is 3.87. The summed E-state index contributed by atoms with van der Waals surface area (Å²) in [6.45, 7) is 2.00. The van der Waals surface area contributed by atoms with Gasteiger partial charge in [-0.05, 0) is 37.7 Å². The second-order valence-electron chi connectivity index (χ2n) is 5.33. The Kier molecular flexibility index (Phi) is 4.38. The minimum Gasteiger partial charge on any atom is -0.327 e. The van der Waals surface area contributed by atoms with E-state index in [0.29, 0.717) is 11.2 Å². The summed E-state index contributed by atoms with van der Waals surface area (Å²) in [5.74, 6) is 0.627. The van der Waals surface area contributed by atoms with E-state index in [4.69, 9.17) is 5.73 Å². The predicted molar refractivity (Wildman–Crippen MR) is 85.3 cm³/mol. The molecule has 0 bridgehead atoms. The Bertz CT molecular complexity index is 555. The van der Waals surface area contributed by atoms with Gasteiger partial charge in [0.2, 0.25) is 0 Å². The Morgan fingerprint density at radius 3 is 2.70 bits per heavy atom. The Morgan fingerprint density at radius 1 is 1.20 bits per heavy atom. The van der Waals surface area contributed by atoms with Crippen LogP contribution >= 0.6 is 23.1 Å². The van der Waals surface area contributed by atoms with Crippen molar-refractivity contribution in [2.24, 2.45) is 5.73 Å². The second-order valence-corrected chi connectivity index (χ2v) is 8.00. The van der Waals surface area contributed by atoms with Crippen LogP contribution in [0, 0.1) is 6.92 Å². The molecule has 1 aromatic heterocycles. The van der Waals surface area contributed by atoms with Crippen LogP contribution in [0.1, 0.15) is 35.8 Å². The Hall–Kier alpha value is -0.910. The maximum Gasteiger partial charge on any atom is 0.174 e. The van der Waals surface area contributed by atoms with Crippen LogP contribution in [0.4, 0.5) is 0 Å². The third kappa shape index (κ3) is 3.22. The molecule has 1 saturated carbocycles. The molecule has 20 heavy (non-hydrogen) atoms. The molecule has 1 aromatic carbocycles. The highest BCUT2D eigenvalue weighted by Gasteiger charge is 2.30. The van der Waals surface area contributed by atoms with Crippen LogP contribution in [-0.4, -0.2) is 21.5 Å². The average molecular weight is 305 g/mol. The fourth-order valence-corrected chi connectivity index (χ4v) is 5.10. The molecule has 1 aliphatic carbocycles. The molecule has 0 spiro atoms. The predicted octanol–water partition coefficient (Wildman–Crippen LogP) is 3.60. The van der Waals surface area contributed by atoms with Gasteiger partial charge in [0.15, 0.2) is 4.34 Å². The first kappa shape index (κ1) is 14.0. The zero-order chi connectivity index (χ0) is 13.9. The zero-order valence-corrected chi connectivity index (χ0v) is 13.2. The first-order valence-corrected chi connectivity index (χ1v) is 8.69. The van der Waals surface area contributed by atoms with E-state index < -0.39 is 0 Å². The summed E-state index contributed by atoms with van der Waals surface area (Å²) >= 11 is 3.48. The van der Waals surface area contributed by atoms with Gasteiger partial charge in [-0.3, -0.25) is 0 Å². The Labute approximate surface area is 128 Å². The molecule has 1 fully saturated rings. The number of rotatable bonds is 3. The van der Waals surface area contributed by atoms with Crippen molar-refractivity contribution in [3.63, 3.8) is 0 Å². The van der Waals surface area contributed by atoms with E-state index in [1.165, 1.54) is 12.0 Å². The summed E-state index contributed by atoms with van der Waals surface area (Å²) in [5.41, 5.74) is 7.75. The molecule has 0 radical (unpaired) electrons. The quantitative estimate of drug-likeness (QED) is 0.941. The average Bonchev–Trinajstić information content (AvgIpc) is 2.88. The monoisotopic (exact) mass is 305 g/mol. The van der Waals surface area contributed by atoms with Crippen LogP contribution in [0.25, 0.3) is 0 Å². The molecule has 0 amide bonds. The lowest BCUT2D eigenvalue weighted by molar-refractivity contribution is 0.406. The van der Waals surface area contributed by atoms with E-state index in [0.717, 1.165) is 22.2 Å². The summed E-state index contributed by atoms with van der Waals surface area (Å²) in [4.78, 5) is 0. The first-order chi connectivity index (χ1) is 9.72. The van der Waals surface area contributed by atoms with Gasteiger partial charge in [0.1, 0.15) is 5.01 Å². The molecule has 0 aliphatic heterocycles. The van der Waals surface area contributed by atoms with Crippen LogP contribution < -0.4 is 5.73 Å². The molecule has 1 heterocycles. The minimum absolute atomic E-state index is 0.268.